The van der Waals surface area contributed by atoms with Gasteiger partial charge in [-0.1, -0.05) is 54.9 Å². The number of halogens is 1. The molecule has 0 aromatic heterocycles. The summed E-state index contributed by atoms with van der Waals surface area (Å²) in [5.74, 6) is -0.0455. The summed E-state index contributed by atoms with van der Waals surface area (Å²) < 4.78 is 4.70. The van der Waals surface area contributed by atoms with E-state index in [2.05, 4.69) is 29.7 Å². The lowest BCUT2D eigenvalue weighted by atomic mass is 9.72. The molecule has 2 atom stereocenters. The van der Waals surface area contributed by atoms with E-state index in [1.54, 1.807) is 0 Å². The highest BCUT2D eigenvalue weighted by Gasteiger charge is 2.42. The molecule has 1 aliphatic rings. The molecule has 1 aliphatic heterocycles. The summed E-state index contributed by atoms with van der Waals surface area (Å²) >= 11 is 6.82. The number of carbonyl (C=O) groups excluding carboxylic acids is 2. The van der Waals surface area contributed by atoms with Crippen LogP contribution in [0.2, 0.25) is 5.02 Å². The number of nitrogens with one attached hydrogen (secondary N) is 2. The predicted molar refractivity (Wildman–Crippen MR) is 152 cm³/mol. The van der Waals surface area contributed by atoms with Crippen molar-refractivity contribution in [2.24, 2.45) is 5.92 Å². The van der Waals surface area contributed by atoms with Crippen LogP contribution in [0.15, 0.2) is 42.5 Å². The highest BCUT2D eigenvalue weighted by Crippen LogP contribution is 2.45. The van der Waals surface area contributed by atoms with Crippen LogP contribution in [-0.4, -0.2) is 62.3 Å². The maximum Gasteiger partial charge on any atom is 0.406 e. The Balaban J connectivity index is 1.98. The van der Waals surface area contributed by atoms with Gasteiger partial charge in [0.05, 0.1) is 12.7 Å². The van der Waals surface area contributed by atoms with Gasteiger partial charge in [-0.15, -0.1) is 0 Å². The SMILES string of the molecule is CCc1cccc(-c2c(Cl)cccc2C(O)(CCCNC(=O)OC)C2CCCN(C(=O)CCCNC)C2)c1. The van der Waals surface area contributed by atoms with Gasteiger partial charge in [-0.05, 0) is 74.9 Å². The number of aryl methyl sites for hydroxylation is 1. The second kappa shape index (κ2) is 14.5. The first-order valence-electron chi connectivity index (χ1n) is 13.7. The third kappa shape index (κ3) is 7.49. The van der Waals surface area contributed by atoms with Crippen LogP contribution in [-0.2, 0) is 21.6 Å². The molecule has 7 nitrogen and oxygen atoms in total. The summed E-state index contributed by atoms with van der Waals surface area (Å²) in [7, 11) is 3.22. The second-order valence-electron chi connectivity index (χ2n) is 10.0. The molecule has 0 bridgehead atoms. The number of amides is 2. The van der Waals surface area contributed by atoms with Crippen molar-refractivity contribution in [1.29, 1.82) is 0 Å². The molecule has 3 rings (SSSR count). The number of hydrogen-bond donors (Lipinski definition) is 3. The van der Waals surface area contributed by atoms with E-state index < -0.39 is 11.7 Å². The molecule has 3 N–H and O–H groups in total. The fourth-order valence-corrected chi connectivity index (χ4v) is 5.76. The molecule has 1 fully saturated rings. The molecule has 1 saturated heterocycles. The number of ether oxygens (including phenoxy) is 1. The zero-order valence-electron chi connectivity index (χ0n) is 22.9. The maximum atomic E-state index is 13.0. The zero-order chi connectivity index (χ0) is 27.5. The molecule has 0 spiro atoms. The third-order valence-corrected chi connectivity index (χ3v) is 7.88. The molecule has 8 heteroatoms. The number of alkyl carbamates (subject to hydrolysis) is 1. The lowest BCUT2D eigenvalue weighted by Gasteiger charge is -2.44. The molecule has 0 saturated carbocycles. The van der Waals surface area contributed by atoms with Crippen molar-refractivity contribution in [3.63, 3.8) is 0 Å². The largest absolute Gasteiger partial charge is 0.453 e. The van der Waals surface area contributed by atoms with E-state index in [-0.39, 0.29) is 11.8 Å². The Hall–Kier alpha value is -2.61. The van der Waals surface area contributed by atoms with Crippen molar-refractivity contribution in [2.75, 3.05) is 40.3 Å². The fraction of sp³-hybridized carbons (Fsp3) is 0.533. The number of benzene rings is 2. The van der Waals surface area contributed by atoms with E-state index in [0.717, 1.165) is 48.9 Å². The molecule has 0 aliphatic carbocycles. The zero-order valence-corrected chi connectivity index (χ0v) is 23.7. The van der Waals surface area contributed by atoms with Crippen LogP contribution in [0.5, 0.6) is 0 Å². The summed E-state index contributed by atoms with van der Waals surface area (Å²) in [6.45, 7) is 4.47. The van der Waals surface area contributed by atoms with Gasteiger partial charge in [-0.2, -0.15) is 0 Å². The molecule has 2 unspecified atom stereocenters. The lowest BCUT2D eigenvalue weighted by Crippen LogP contribution is -2.48. The average molecular weight is 544 g/mol. The van der Waals surface area contributed by atoms with Crippen molar-refractivity contribution < 1.29 is 19.4 Å². The Bertz CT molecular complexity index is 1080. The van der Waals surface area contributed by atoms with Crippen molar-refractivity contribution >= 4 is 23.6 Å². The first-order valence-corrected chi connectivity index (χ1v) is 14.1. The third-order valence-electron chi connectivity index (χ3n) is 7.56. The molecule has 1 heterocycles. The number of piperidine rings is 1. The van der Waals surface area contributed by atoms with Gasteiger partial charge in [-0.25, -0.2) is 4.79 Å². The minimum Gasteiger partial charge on any atom is -0.453 e. The van der Waals surface area contributed by atoms with Crippen molar-refractivity contribution in [1.82, 2.24) is 15.5 Å². The lowest BCUT2D eigenvalue weighted by molar-refractivity contribution is -0.136. The minimum absolute atomic E-state index is 0.127. The number of aliphatic hydroxyl groups is 1. The quantitative estimate of drug-likeness (QED) is 0.323. The van der Waals surface area contributed by atoms with Crippen molar-refractivity contribution in [3.05, 3.63) is 58.6 Å². The normalized spacial score (nSPS) is 17.1. The molecule has 2 aromatic carbocycles. The van der Waals surface area contributed by atoms with Gasteiger partial charge < -0.3 is 25.4 Å². The highest BCUT2D eigenvalue weighted by molar-refractivity contribution is 6.33. The van der Waals surface area contributed by atoms with Gasteiger partial charge in [0.1, 0.15) is 0 Å². The number of carbonyl (C=O) groups is 2. The van der Waals surface area contributed by atoms with Gasteiger partial charge in [-0.3, -0.25) is 4.79 Å². The van der Waals surface area contributed by atoms with Crippen LogP contribution in [0, 0.1) is 5.92 Å². The van der Waals surface area contributed by atoms with E-state index >= 15 is 0 Å². The summed E-state index contributed by atoms with van der Waals surface area (Å²) in [6, 6.07) is 14.0. The van der Waals surface area contributed by atoms with Crippen LogP contribution < -0.4 is 10.6 Å². The summed E-state index contributed by atoms with van der Waals surface area (Å²) in [5.41, 5.74) is 2.50. The number of nitrogens with zero attached hydrogens (tertiary/aromatic N) is 1. The molecular formula is C30H42ClN3O4. The van der Waals surface area contributed by atoms with Crippen LogP contribution >= 0.6 is 11.6 Å². The highest BCUT2D eigenvalue weighted by atomic mass is 35.5. The van der Waals surface area contributed by atoms with Gasteiger partial charge in [0.25, 0.3) is 0 Å². The van der Waals surface area contributed by atoms with Crippen LogP contribution in [0.4, 0.5) is 4.79 Å². The standard InChI is InChI=1S/C30H42ClN3O4/c1-4-22-10-5-11-23(20-22)28-25(13-6-14-26(28)31)30(37,16-9-18-33-29(36)38-3)24-12-8-19-34(21-24)27(35)15-7-17-32-2/h5-6,10-11,13-14,20,24,32,37H,4,7-9,12,15-19,21H2,1-3H3,(H,33,36). The van der Waals surface area contributed by atoms with E-state index in [4.69, 9.17) is 16.3 Å². The first-order chi connectivity index (χ1) is 18.3. The molecule has 208 valence electrons. The molecule has 0 radical (unpaired) electrons. The van der Waals surface area contributed by atoms with Crippen LogP contribution in [0.1, 0.15) is 56.6 Å². The topological polar surface area (TPSA) is 90.9 Å². The van der Waals surface area contributed by atoms with Crippen LogP contribution in [0.3, 0.4) is 0 Å². The second-order valence-corrected chi connectivity index (χ2v) is 10.5. The summed E-state index contributed by atoms with van der Waals surface area (Å²) in [4.78, 5) is 26.5. The molecule has 38 heavy (non-hydrogen) atoms. The summed E-state index contributed by atoms with van der Waals surface area (Å²) in [6.07, 6.45) is 4.24. The van der Waals surface area contributed by atoms with E-state index in [1.165, 1.54) is 12.7 Å². The monoisotopic (exact) mass is 543 g/mol. The Morgan fingerprint density at radius 1 is 1.18 bits per heavy atom. The Labute approximate surface area is 231 Å². The Morgan fingerprint density at radius 2 is 1.97 bits per heavy atom. The van der Waals surface area contributed by atoms with Gasteiger partial charge in [0.15, 0.2) is 0 Å². The smallest absolute Gasteiger partial charge is 0.406 e. The fourth-order valence-electron chi connectivity index (χ4n) is 5.47. The van der Waals surface area contributed by atoms with E-state index in [0.29, 0.717) is 43.9 Å². The predicted octanol–water partition coefficient (Wildman–Crippen LogP) is 5.13. The van der Waals surface area contributed by atoms with Gasteiger partial charge in [0.2, 0.25) is 5.91 Å². The number of likely N-dealkylation sites (tertiary alicyclic amines) is 1. The van der Waals surface area contributed by atoms with Gasteiger partial charge in [0, 0.05) is 42.6 Å². The van der Waals surface area contributed by atoms with Gasteiger partial charge >= 0.3 is 6.09 Å². The maximum absolute atomic E-state index is 13.0. The number of methoxy groups -OCH3 is 1. The van der Waals surface area contributed by atoms with Crippen molar-refractivity contribution in [2.45, 2.75) is 57.5 Å². The Kier molecular flexibility index (Phi) is 11.4. The molecule has 2 aromatic rings. The number of hydrogen-bond acceptors (Lipinski definition) is 5. The summed E-state index contributed by atoms with van der Waals surface area (Å²) in [5, 5.41) is 19.0. The van der Waals surface area contributed by atoms with E-state index in [1.807, 2.05) is 42.3 Å². The number of rotatable bonds is 12. The minimum atomic E-state index is -1.25. The molecular weight excluding hydrogens is 502 g/mol. The molecule has 2 amide bonds. The van der Waals surface area contributed by atoms with Crippen LogP contribution in [0.25, 0.3) is 11.1 Å². The average Bonchev–Trinajstić information content (AvgIpc) is 2.95. The first kappa shape index (κ1) is 29.9. The van der Waals surface area contributed by atoms with Crippen molar-refractivity contribution in [3.8, 4) is 11.1 Å². The Morgan fingerprint density at radius 3 is 2.71 bits per heavy atom. The van der Waals surface area contributed by atoms with E-state index in [9.17, 15) is 14.7 Å².